The van der Waals surface area contributed by atoms with Crippen LogP contribution in [0.1, 0.15) is 26.2 Å². The maximum Gasteiger partial charge on any atom is 0.237 e. The van der Waals surface area contributed by atoms with Gasteiger partial charge < -0.3 is 11.1 Å². The second kappa shape index (κ2) is 8.63. The summed E-state index contributed by atoms with van der Waals surface area (Å²) >= 11 is 1.68. The highest BCUT2D eigenvalue weighted by Gasteiger charge is 2.15. The molecule has 0 radical (unpaired) electrons. The molecule has 0 aliphatic carbocycles. The first-order chi connectivity index (χ1) is 7.15. The Morgan fingerprint density at radius 2 is 2.27 bits per heavy atom. The first kappa shape index (κ1) is 14.3. The minimum absolute atomic E-state index is 0.138. The van der Waals surface area contributed by atoms with Crippen molar-refractivity contribution >= 4 is 17.7 Å². The van der Waals surface area contributed by atoms with Crippen molar-refractivity contribution in [1.29, 1.82) is 0 Å². The van der Waals surface area contributed by atoms with Crippen molar-refractivity contribution in [2.75, 3.05) is 12.0 Å². The van der Waals surface area contributed by atoms with Gasteiger partial charge in [-0.05, 0) is 24.9 Å². The lowest BCUT2D eigenvalue weighted by atomic mass is 10.1. The van der Waals surface area contributed by atoms with Gasteiger partial charge in [0.2, 0.25) is 5.91 Å². The molecule has 1 unspecified atom stereocenters. The minimum Gasteiger partial charge on any atom is -0.341 e. The van der Waals surface area contributed by atoms with Crippen LogP contribution in [-0.2, 0) is 4.79 Å². The molecule has 0 saturated carbocycles. The fourth-order valence-corrected chi connectivity index (χ4v) is 1.63. The van der Waals surface area contributed by atoms with Crippen molar-refractivity contribution in [1.82, 2.24) is 5.32 Å². The molecule has 86 valence electrons. The smallest absolute Gasteiger partial charge is 0.237 e. The number of amides is 1. The minimum atomic E-state index is -0.440. The molecule has 0 aliphatic rings. The molecule has 0 fully saturated rings. The average Bonchev–Trinajstić information content (AvgIpc) is 2.24. The van der Waals surface area contributed by atoms with E-state index < -0.39 is 6.04 Å². The maximum atomic E-state index is 11.6. The Morgan fingerprint density at radius 3 is 2.73 bits per heavy atom. The molecular weight excluding hydrogens is 208 g/mol. The summed E-state index contributed by atoms with van der Waals surface area (Å²) < 4.78 is 0. The molecule has 0 bridgehead atoms. The van der Waals surface area contributed by atoms with Gasteiger partial charge >= 0.3 is 0 Å². The van der Waals surface area contributed by atoms with Gasteiger partial charge in [-0.1, -0.05) is 19.3 Å². The summed E-state index contributed by atoms with van der Waals surface area (Å²) in [4.78, 5) is 11.6. The summed E-state index contributed by atoms with van der Waals surface area (Å²) in [6, 6.07) is -0.618. The highest BCUT2D eigenvalue weighted by Crippen LogP contribution is 2.00. The van der Waals surface area contributed by atoms with Crippen LogP contribution in [0.3, 0.4) is 0 Å². The number of nitrogens with two attached hydrogens (primary N) is 1. The van der Waals surface area contributed by atoms with E-state index in [2.05, 4.69) is 11.2 Å². The van der Waals surface area contributed by atoms with Gasteiger partial charge in [0.25, 0.3) is 0 Å². The van der Waals surface area contributed by atoms with Crippen LogP contribution in [0, 0.1) is 12.3 Å². The summed E-state index contributed by atoms with van der Waals surface area (Å²) in [6.45, 7) is 2.03. The number of rotatable bonds is 7. The Balaban J connectivity index is 3.94. The number of hydrogen-bond acceptors (Lipinski definition) is 3. The molecule has 0 rings (SSSR count). The van der Waals surface area contributed by atoms with E-state index in [9.17, 15) is 4.79 Å². The number of carbonyl (C=O) groups excluding carboxylic acids is 1. The predicted molar refractivity (Wildman–Crippen MR) is 66.6 cm³/mol. The number of terminal acetylenes is 1. The van der Waals surface area contributed by atoms with Crippen molar-refractivity contribution in [3.05, 3.63) is 0 Å². The molecule has 0 spiro atoms. The van der Waals surface area contributed by atoms with E-state index in [0.717, 1.165) is 18.6 Å². The topological polar surface area (TPSA) is 55.1 Å². The van der Waals surface area contributed by atoms with Gasteiger partial charge in [0, 0.05) is 0 Å². The fraction of sp³-hybridized carbons (Fsp3) is 0.727. The predicted octanol–water partition coefficient (Wildman–Crippen LogP) is 0.985. The van der Waals surface area contributed by atoms with Gasteiger partial charge in [-0.3, -0.25) is 4.79 Å². The second-order valence-electron chi connectivity index (χ2n) is 3.40. The number of thioether (sulfide) groups is 1. The summed E-state index contributed by atoms with van der Waals surface area (Å²) in [7, 11) is 0. The van der Waals surface area contributed by atoms with Gasteiger partial charge in [0.05, 0.1) is 12.1 Å². The van der Waals surface area contributed by atoms with E-state index in [-0.39, 0.29) is 11.9 Å². The molecule has 4 heteroatoms. The normalized spacial score (nSPS) is 14.0. The van der Waals surface area contributed by atoms with E-state index in [1.165, 1.54) is 0 Å². The Bertz CT molecular complexity index is 225. The third-order valence-corrected chi connectivity index (χ3v) is 2.71. The quantitative estimate of drug-likeness (QED) is 0.639. The third-order valence-electron chi connectivity index (χ3n) is 2.06. The van der Waals surface area contributed by atoms with E-state index >= 15 is 0 Å². The molecule has 0 heterocycles. The van der Waals surface area contributed by atoms with Crippen molar-refractivity contribution in [2.24, 2.45) is 5.73 Å². The number of hydrogen-bond donors (Lipinski definition) is 2. The van der Waals surface area contributed by atoms with E-state index in [1.54, 1.807) is 11.8 Å². The molecule has 0 aromatic heterocycles. The monoisotopic (exact) mass is 228 g/mol. The molecule has 0 aliphatic heterocycles. The van der Waals surface area contributed by atoms with Crippen LogP contribution in [-0.4, -0.2) is 30.0 Å². The highest BCUT2D eigenvalue weighted by molar-refractivity contribution is 7.98. The number of nitrogens with one attached hydrogen (secondary N) is 1. The molecule has 3 N–H and O–H groups in total. The zero-order chi connectivity index (χ0) is 11.7. The molecular formula is C11H20N2OS. The standard InChI is InChI=1S/C11H20N2OS/c1-4-6-9(5-2)13-11(14)10(12)7-8-15-3/h2,9-10H,4,6-8,12H2,1,3H3,(H,13,14)/t9?,10-/m0/s1. The summed E-state index contributed by atoms with van der Waals surface area (Å²) in [5, 5.41) is 2.77. The molecule has 0 saturated heterocycles. The molecule has 3 nitrogen and oxygen atoms in total. The molecule has 0 aromatic carbocycles. The van der Waals surface area contributed by atoms with Crippen LogP contribution < -0.4 is 11.1 Å². The van der Waals surface area contributed by atoms with E-state index in [0.29, 0.717) is 6.42 Å². The van der Waals surface area contributed by atoms with Crippen molar-refractivity contribution in [3.8, 4) is 12.3 Å². The second-order valence-corrected chi connectivity index (χ2v) is 4.39. The van der Waals surface area contributed by atoms with Crippen molar-refractivity contribution < 1.29 is 4.79 Å². The SMILES string of the molecule is C#CC(CCC)NC(=O)[C@@H](N)CCSC. The van der Waals surface area contributed by atoms with Crippen LogP contribution in [0.25, 0.3) is 0 Å². The Labute approximate surface area is 96.6 Å². The maximum absolute atomic E-state index is 11.6. The Hall–Kier alpha value is -0.660. The Kier molecular flexibility index (Phi) is 8.25. The van der Waals surface area contributed by atoms with Gasteiger partial charge in [-0.2, -0.15) is 11.8 Å². The van der Waals surface area contributed by atoms with E-state index in [4.69, 9.17) is 12.2 Å². The van der Waals surface area contributed by atoms with Crippen LogP contribution in [0.4, 0.5) is 0 Å². The van der Waals surface area contributed by atoms with Gasteiger partial charge in [-0.25, -0.2) is 0 Å². The highest BCUT2D eigenvalue weighted by atomic mass is 32.2. The van der Waals surface area contributed by atoms with Gasteiger partial charge in [0.15, 0.2) is 0 Å². The Morgan fingerprint density at radius 1 is 1.60 bits per heavy atom. The van der Waals surface area contributed by atoms with Crippen LogP contribution in [0.15, 0.2) is 0 Å². The van der Waals surface area contributed by atoms with Crippen molar-refractivity contribution in [3.63, 3.8) is 0 Å². The molecule has 0 aromatic rings. The number of carbonyl (C=O) groups is 1. The van der Waals surface area contributed by atoms with Crippen molar-refractivity contribution in [2.45, 2.75) is 38.3 Å². The summed E-state index contributed by atoms with van der Waals surface area (Å²) in [6.07, 6.45) is 9.74. The molecule has 2 atom stereocenters. The lowest BCUT2D eigenvalue weighted by Gasteiger charge is -2.15. The molecule has 15 heavy (non-hydrogen) atoms. The first-order valence-corrected chi connectivity index (χ1v) is 6.56. The summed E-state index contributed by atoms with van der Waals surface area (Å²) in [5.74, 6) is 3.31. The largest absolute Gasteiger partial charge is 0.341 e. The van der Waals surface area contributed by atoms with Crippen LogP contribution in [0.5, 0.6) is 0 Å². The van der Waals surface area contributed by atoms with Gasteiger partial charge in [0.1, 0.15) is 0 Å². The lowest BCUT2D eigenvalue weighted by Crippen LogP contribution is -2.45. The van der Waals surface area contributed by atoms with Gasteiger partial charge in [-0.15, -0.1) is 6.42 Å². The first-order valence-electron chi connectivity index (χ1n) is 5.16. The average molecular weight is 228 g/mol. The third kappa shape index (κ3) is 6.43. The summed E-state index contributed by atoms with van der Waals surface area (Å²) in [5.41, 5.74) is 5.71. The van der Waals surface area contributed by atoms with E-state index in [1.807, 2.05) is 13.2 Å². The van der Waals surface area contributed by atoms with Crippen LogP contribution >= 0.6 is 11.8 Å². The van der Waals surface area contributed by atoms with Crippen LogP contribution in [0.2, 0.25) is 0 Å². The molecule has 1 amide bonds. The lowest BCUT2D eigenvalue weighted by molar-refractivity contribution is -0.122. The fourth-order valence-electron chi connectivity index (χ4n) is 1.14. The zero-order valence-corrected chi connectivity index (χ0v) is 10.3. The zero-order valence-electron chi connectivity index (χ0n) is 9.45.